The molecule has 1 aliphatic carbocycles. The van der Waals surface area contributed by atoms with E-state index in [1.807, 2.05) is 35.7 Å². The molecule has 2 heterocycles. The summed E-state index contributed by atoms with van der Waals surface area (Å²) in [5, 5.41) is 8.51. The summed E-state index contributed by atoms with van der Waals surface area (Å²) in [6, 6.07) is 16.2. The van der Waals surface area contributed by atoms with Crippen LogP contribution in [-0.4, -0.2) is 32.1 Å². The van der Waals surface area contributed by atoms with Gasteiger partial charge in [0, 0.05) is 42.3 Å². The lowest BCUT2D eigenvalue weighted by molar-refractivity contribution is 0.102. The van der Waals surface area contributed by atoms with Gasteiger partial charge in [-0.2, -0.15) is 0 Å². The smallest absolute Gasteiger partial charge is 0.256 e. The van der Waals surface area contributed by atoms with Crippen molar-refractivity contribution in [1.29, 1.82) is 0 Å². The molecule has 0 radical (unpaired) electrons. The van der Waals surface area contributed by atoms with Gasteiger partial charge < -0.3 is 21.3 Å². The second-order valence-electron chi connectivity index (χ2n) is 8.02. The lowest BCUT2D eigenvalue weighted by atomic mass is 10.0. The van der Waals surface area contributed by atoms with Crippen molar-refractivity contribution in [3.63, 3.8) is 0 Å². The van der Waals surface area contributed by atoms with E-state index in [2.05, 4.69) is 33.7 Å². The average Bonchev–Trinajstić information content (AvgIpc) is 3.49. The summed E-state index contributed by atoms with van der Waals surface area (Å²) in [7, 11) is 0. The molecule has 0 spiro atoms. The number of anilines is 3. The first-order valence-electron chi connectivity index (χ1n) is 10.5. The van der Waals surface area contributed by atoms with E-state index in [-0.39, 0.29) is 5.91 Å². The zero-order chi connectivity index (χ0) is 20.5. The van der Waals surface area contributed by atoms with Gasteiger partial charge in [0.05, 0.1) is 11.4 Å². The van der Waals surface area contributed by atoms with Crippen LogP contribution in [0.25, 0.3) is 10.4 Å². The summed E-state index contributed by atoms with van der Waals surface area (Å²) in [5.74, 6) is 0.405. The molecule has 0 bridgehead atoms. The van der Waals surface area contributed by atoms with E-state index < -0.39 is 0 Å². The van der Waals surface area contributed by atoms with Crippen molar-refractivity contribution < 1.29 is 4.79 Å². The maximum absolute atomic E-state index is 13.2. The Morgan fingerprint density at radius 1 is 1.10 bits per heavy atom. The number of piperazine rings is 1. The van der Waals surface area contributed by atoms with Gasteiger partial charge in [0.1, 0.15) is 0 Å². The number of nitrogens with zero attached hydrogens (tertiary/aromatic N) is 1. The standard InChI is InChI=1S/C24H26N4OS/c25-21-8-5-17(23-2-1-13-30-23)14-22(21)27-24(29)19-7-6-18(15-20(19)16-3-4-16)28-11-9-26-10-12-28/h1-2,5-8,13-16,26H,3-4,9-12,25H2,(H,27,29). The molecule has 1 aromatic heterocycles. The number of carbonyl (C=O) groups excluding carboxylic acids is 1. The highest BCUT2D eigenvalue weighted by molar-refractivity contribution is 7.13. The van der Waals surface area contributed by atoms with Crippen molar-refractivity contribution >= 4 is 34.3 Å². The molecular formula is C24H26N4OS. The molecule has 0 atom stereocenters. The predicted octanol–water partition coefficient (Wildman–Crippen LogP) is 4.54. The minimum Gasteiger partial charge on any atom is -0.397 e. The number of rotatable bonds is 5. The monoisotopic (exact) mass is 418 g/mol. The van der Waals surface area contributed by atoms with Gasteiger partial charge in [-0.05, 0) is 71.7 Å². The number of hydrogen-bond donors (Lipinski definition) is 3. The number of hydrogen-bond acceptors (Lipinski definition) is 5. The quantitative estimate of drug-likeness (QED) is 0.532. The number of nitrogens with two attached hydrogens (primary N) is 1. The Bertz CT molecular complexity index is 1050. The fourth-order valence-corrected chi connectivity index (χ4v) is 4.78. The fourth-order valence-electron chi connectivity index (χ4n) is 4.06. The average molecular weight is 419 g/mol. The zero-order valence-corrected chi connectivity index (χ0v) is 17.7. The SMILES string of the molecule is Nc1ccc(-c2cccs2)cc1NC(=O)c1ccc(N2CCNCC2)cc1C1CC1. The molecule has 5 rings (SSSR count). The van der Waals surface area contributed by atoms with Crippen LogP contribution in [0, 0.1) is 0 Å². The van der Waals surface area contributed by atoms with E-state index >= 15 is 0 Å². The molecule has 154 valence electrons. The molecule has 4 N–H and O–H groups in total. The zero-order valence-electron chi connectivity index (χ0n) is 16.9. The van der Waals surface area contributed by atoms with Crippen LogP contribution in [0.15, 0.2) is 53.9 Å². The van der Waals surface area contributed by atoms with Crippen molar-refractivity contribution in [2.75, 3.05) is 42.1 Å². The van der Waals surface area contributed by atoms with E-state index in [4.69, 9.17) is 5.73 Å². The van der Waals surface area contributed by atoms with Gasteiger partial charge >= 0.3 is 0 Å². The van der Waals surface area contributed by atoms with Crippen LogP contribution in [0.4, 0.5) is 17.1 Å². The van der Waals surface area contributed by atoms with E-state index in [1.54, 1.807) is 11.3 Å². The lowest BCUT2D eigenvalue weighted by Gasteiger charge is -2.30. The second kappa shape index (κ2) is 8.13. The maximum Gasteiger partial charge on any atom is 0.256 e. The highest BCUT2D eigenvalue weighted by atomic mass is 32.1. The van der Waals surface area contributed by atoms with Gasteiger partial charge in [0.25, 0.3) is 5.91 Å². The Hall–Kier alpha value is -2.83. The van der Waals surface area contributed by atoms with Crippen LogP contribution < -0.4 is 21.3 Å². The summed E-state index contributed by atoms with van der Waals surface area (Å²) in [4.78, 5) is 16.8. The molecule has 1 saturated heterocycles. The van der Waals surface area contributed by atoms with Crippen molar-refractivity contribution in [2.45, 2.75) is 18.8 Å². The Labute approximate surface area is 180 Å². The summed E-state index contributed by atoms with van der Waals surface area (Å²) >= 11 is 1.67. The number of amides is 1. The van der Waals surface area contributed by atoms with Crippen molar-refractivity contribution in [3.8, 4) is 10.4 Å². The Morgan fingerprint density at radius 3 is 2.67 bits per heavy atom. The van der Waals surface area contributed by atoms with Crippen molar-refractivity contribution in [3.05, 3.63) is 65.0 Å². The van der Waals surface area contributed by atoms with Crippen LogP contribution in [-0.2, 0) is 0 Å². The Kier molecular flexibility index (Phi) is 5.19. The molecular weight excluding hydrogens is 392 g/mol. The minimum atomic E-state index is -0.0845. The summed E-state index contributed by atoms with van der Waals surface area (Å²) in [6.45, 7) is 4.01. The number of nitrogen functional groups attached to an aromatic ring is 1. The van der Waals surface area contributed by atoms with Gasteiger partial charge in [-0.3, -0.25) is 4.79 Å². The summed E-state index contributed by atoms with van der Waals surface area (Å²) in [6.07, 6.45) is 2.31. The van der Waals surface area contributed by atoms with Gasteiger partial charge in [-0.1, -0.05) is 12.1 Å². The maximum atomic E-state index is 13.2. The normalized spacial score (nSPS) is 16.5. The van der Waals surface area contributed by atoms with E-state index in [0.29, 0.717) is 17.3 Å². The van der Waals surface area contributed by atoms with Crippen LogP contribution in [0.2, 0.25) is 0 Å². The van der Waals surface area contributed by atoms with Crippen LogP contribution in [0.1, 0.15) is 34.7 Å². The molecule has 30 heavy (non-hydrogen) atoms. The molecule has 1 aliphatic heterocycles. The molecule has 2 aromatic carbocycles. The third-order valence-electron chi connectivity index (χ3n) is 5.89. The molecule has 2 fully saturated rings. The molecule has 2 aliphatic rings. The Morgan fingerprint density at radius 2 is 1.93 bits per heavy atom. The first-order valence-corrected chi connectivity index (χ1v) is 11.4. The minimum absolute atomic E-state index is 0.0845. The van der Waals surface area contributed by atoms with Gasteiger partial charge in [-0.15, -0.1) is 11.3 Å². The molecule has 1 saturated carbocycles. The first kappa shape index (κ1) is 19.2. The van der Waals surface area contributed by atoms with Crippen molar-refractivity contribution in [2.24, 2.45) is 0 Å². The third-order valence-corrected chi connectivity index (χ3v) is 6.81. The molecule has 1 amide bonds. The van der Waals surface area contributed by atoms with Crippen LogP contribution in [0.5, 0.6) is 0 Å². The highest BCUT2D eigenvalue weighted by Crippen LogP contribution is 2.43. The second-order valence-corrected chi connectivity index (χ2v) is 8.96. The van der Waals surface area contributed by atoms with E-state index in [0.717, 1.165) is 60.6 Å². The van der Waals surface area contributed by atoms with Gasteiger partial charge in [-0.25, -0.2) is 0 Å². The Balaban J connectivity index is 1.42. The lowest BCUT2D eigenvalue weighted by Crippen LogP contribution is -2.43. The molecule has 6 heteroatoms. The molecule has 5 nitrogen and oxygen atoms in total. The van der Waals surface area contributed by atoms with Crippen molar-refractivity contribution in [1.82, 2.24) is 5.32 Å². The first-order chi connectivity index (χ1) is 14.7. The predicted molar refractivity (Wildman–Crippen MR) is 126 cm³/mol. The fraction of sp³-hybridized carbons (Fsp3) is 0.292. The number of benzene rings is 2. The summed E-state index contributed by atoms with van der Waals surface area (Å²) < 4.78 is 0. The third kappa shape index (κ3) is 3.93. The largest absolute Gasteiger partial charge is 0.397 e. The highest BCUT2D eigenvalue weighted by Gasteiger charge is 2.29. The number of nitrogens with one attached hydrogen (secondary N) is 2. The van der Waals surface area contributed by atoms with Gasteiger partial charge in [0.15, 0.2) is 0 Å². The van der Waals surface area contributed by atoms with Gasteiger partial charge in [0.2, 0.25) is 0 Å². The topological polar surface area (TPSA) is 70.4 Å². The summed E-state index contributed by atoms with van der Waals surface area (Å²) in [5.41, 5.74) is 11.6. The molecule has 0 unspecified atom stereocenters. The number of thiophene rings is 1. The van der Waals surface area contributed by atoms with E-state index in [1.165, 1.54) is 5.69 Å². The molecule has 3 aromatic rings. The van der Waals surface area contributed by atoms with Crippen LogP contribution in [0.3, 0.4) is 0 Å². The van der Waals surface area contributed by atoms with Crippen LogP contribution >= 0.6 is 11.3 Å². The van der Waals surface area contributed by atoms with E-state index in [9.17, 15) is 4.79 Å². The number of carbonyl (C=O) groups is 1.